The van der Waals surface area contributed by atoms with Crippen molar-refractivity contribution in [3.63, 3.8) is 0 Å². The van der Waals surface area contributed by atoms with E-state index in [1.165, 1.54) is 17.7 Å². The molecule has 0 amide bonds. The molecular weight excluding hydrogens is 236 g/mol. The Morgan fingerprint density at radius 2 is 2.11 bits per heavy atom. The number of piperidine rings is 1. The summed E-state index contributed by atoms with van der Waals surface area (Å²) in [5.41, 5.74) is 2.64. The number of nitrogens with zero attached hydrogens (tertiary/aromatic N) is 1. The zero-order valence-corrected chi connectivity index (χ0v) is 12.1. The predicted molar refractivity (Wildman–Crippen MR) is 80.6 cm³/mol. The van der Waals surface area contributed by atoms with E-state index in [1.807, 2.05) is 7.05 Å². The molecule has 1 fully saturated rings. The summed E-state index contributed by atoms with van der Waals surface area (Å²) in [6.45, 7) is 4.61. The standard InChI is InChI=1S/C16H26N2O/c1-3-16(17-2)14-6-8-15(9-7-14)18-10-4-5-13(11-18)12-19/h6-9,13,16-17,19H,3-5,10-12H2,1-2H3. The van der Waals surface area contributed by atoms with Gasteiger partial charge in [0.1, 0.15) is 0 Å². The zero-order valence-electron chi connectivity index (χ0n) is 12.1. The molecule has 1 aromatic carbocycles. The quantitative estimate of drug-likeness (QED) is 0.856. The SMILES string of the molecule is CCC(NC)c1ccc(N2CCCC(CO)C2)cc1. The third-order valence-corrected chi connectivity index (χ3v) is 4.19. The summed E-state index contributed by atoms with van der Waals surface area (Å²) < 4.78 is 0. The summed E-state index contributed by atoms with van der Waals surface area (Å²) in [6, 6.07) is 9.33. The van der Waals surface area contributed by atoms with Gasteiger partial charge in [0.15, 0.2) is 0 Å². The van der Waals surface area contributed by atoms with Crippen molar-refractivity contribution in [3.8, 4) is 0 Å². The number of rotatable bonds is 5. The topological polar surface area (TPSA) is 35.5 Å². The third kappa shape index (κ3) is 3.48. The minimum absolute atomic E-state index is 0.312. The van der Waals surface area contributed by atoms with E-state index in [2.05, 4.69) is 41.4 Å². The van der Waals surface area contributed by atoms with Crippen molar-refractivity contribution in [1.29, 1.82) is 0 Å². The van der Waals surface area contributed by atoms with Gasteiger partial charge in [-0.15, -0.1) is 0 Å². The summed E-state index contributed by atoms with van der Waals surface area (Å²) in [5, 5.41) is 12.6. The van der Waals surface area contributed by atoms with E-state index in [1.54, 1.807) is 0 Å². The van der Waals surface area contributed by atoms with Crippen LogP contribution < -0.4 is 10.2 Å². The first kappa shape index (κ1) is 14.4. The Labute approximate surface area is 116 Å². The Balaban J connectivity index is 2.05. The summed E-state index contributed by atoms with van der Waals surface area (Å²) in [7, 11) is 2.01. The van der Waals surface area contributed by atoms with E-state index < -0.39 is 0 Å². The highest BCUT2D eigenvalue weighted by molar-refractivity contribution is 5.48. The second kappa shape index (κ2) is 6.92. The van der Waals surface area contributed by atoms with Crippen LogP contribution in [-0.2, 0) is 0 Å². The summed E-state index contributed by atoms with van der Waals surface area (Å²) in [6.07, 6.45) is 3.44. The molecule has 0 aromatic heterocycles. The minimum atomic E-state index is 0.312. The van der Waals surface area contributed by atoms with Crippen molar-refractivity contribution in [2.24, 2.45) is 5.92 Å². The van der Waals surface area contributed by atoms with Gasteiger partial charge >= 0.3 is 0 Å². The van der Waals surface area contributed by atoms with Gasteiger partial charge in [0, 0.05) is 31.4 Å². The number of aliphatic hydroxyl groups is 1. The fourth-order valence-corrected chi connectivity index (χ4v) is 2.97. The van der Waals surface area contributed by atoms with Crippen molar-refractivity contribution in [1.82, 2.24) is 5.32 Å². The van der Waals surface area contributed by atoms with Crippen LogP contribution in [0.1, 0.15) is 37.8 Å². The number of hydrogen-bond donors (Lipinski definition) is 2. The lowest BCUT2D eigenvalue weighted by atomic mass is 9.98. The molecule has 0 bridgehead atoms. The smallest absolute Gasteiger partial charge is 0.0476 e. The van der Waals surface area contributed by atoms with E-state index in [0.717, 1.165) is 25.9 Å². The molecule has 1 heterocycles. The Morgan fingerprint density at radius 3 is 2.68 bits per heavy atom. The maximum absolute atomic E-state index is 9.30. The lowest BCUT2D eigenvalue weighted by Gasteiger charge is -2.33. The van der Waals surface area contributed by atoms with Crippen LogP contribution in [0.3, 0.4) is 0 Å². The highest BCUT2D eigenvalue weighted by atomic mass is 16.3. The van der Waals surface area contributed by atoms with Gasteiger partial charge < -0.3 is 15.3 Å². The molecule has 19 heavy (non-hydrogen) atoms. The number of aliphatic hydroxyl groups excluding tert-OH is 1. The number of benzene rings is 1. The van der Waals surface area contributed by atoms with E-state index in [-0.39, 0.29) is 0 Å². The van der Waals surface area contributed by atoms with Crippen LogP contribution in [0, 0.1) is 5.92 Å². The third-order valence-electron chi connectivity index (χ3n) is 4.19. The van der Waals surface area contributed by atoms with Crippen LogP contribution >= 0.6 is 0 Å². The first-order valence-corrected chi connectivity index (χ1v) is 7.41. The molecule has 0 saturated carbocycles. The Kier molecular flexibility index (Phi) is 5.23. The Bertz CT molecular complexity index is 373. The molecule has 0 aliphatic carbocycles. The molecule has 1 aliphatic rings. The van der Waals surface area contributed by atoms with Gasteiger partial charge in [0.25, 0.3) is 0 Å². The molecule has 0 radical (unpaired) electrons. The van der Waals surface area contributed by atoms with Crippen molar-refractivity contribution < 1.29 is 5.11 Å². The lowest BCUT2D eigenvalue weighted by molar-refractivity contribution is 0.209. The van der Waals surface area contributed by atoms with Crippen LogP contribution in [0.25, 0.3) is 0 Å². The molecule has 0 spiro atoms. The minimum Gasteiger partial charge on any atom is -0.396 e. The van der Waals surface area contributed by atoms with Gasteiger partial charge in [-0.3, -0.25) is 0 Å². The van der Waals surface area contributed by atoms with Crippen molar-refractivity contribution in [2.75, 3.05) is 31.6 Å². The largest absolute Gasteiger partial charge is 0.396 e. The number of nitrogens with one attached hydrogen (secondary N) is 1. The monoisotopic (exact) mass is 262 g/mol. The molecule has 1 aliphatic heterocycles. The van der Waals surface area contributed by atoms with Gasteiger partial charge in [-0.25, -0.2) is 0 Å². The lowest BCUT2D eigenvalue weighted by Crippen LogP contribution is -2.36. The second-order valence-electron chi connectivity index (χ2n) is 5.48. The van der Waals surface area contributed by atoms with Gasteiger partial charge in [0.2, 0.25) is 0 Å². The molecule has 1 aromatic rings. The zero-order chi connectivity index (χ0) is 13.7. The molecule has 3 heteroatoms. The van der Waals surface area contributed by atoms with Gasteiger partial charge in [-0.2, -0.15) is 0 Å². The Hall–Kier alpha value is -1.06. The molecule has 2 atom stereocenters. The first-order chi connectivity index (χ1) is 9.28. The molecular formula is C16H26N2O. The van der Waals surface area contributed by atoms with Crippen molar-refractivity contribution in [3.05, 3.63) is 29.8 Å². The highest BCUT2D eigenvalue weighted by Crippen LogP contribution is 2.25. The second-order valence-corrected chi connectivity index (χ2v) is 5.48. The van der Waals surface area contributed by atoms with Crippen molar-refractivity contribution >= 4 is 5.69 Å². The van der Waals surface area contributed by atoms with Crippen LogP contribution in [0.5, 0.6) is 0 Å². The Morgan fingerprint density at radius 1 is 1.37 bits per heavy atom. The molecule has 3 nitrogen and oxygen atoms in total. The van der Waals surface area contributed by atoms with Gasteiger partial charge in [-0.1, -0.05) is 19.1 Å². The summed E-state index contributed by atoms with van der Waals surface area (Å²) >= 11 is 0. The summed E-state index contributed by atoms with van der Waals surface area (Å²) in [4.78, 5) is 2.40. The van der Waals surface area contributed by atoms with E-state index >= 15 is 0 Å². The molecule has 2 unspecified atom stereocenters. The normalized spacial score (nSPS) is 21.4. The molecule has 2 N–H and O–H groups in total. The van der Waals surface area contributed by atoms with Crippen LogP contribution in [-0.4, -0.2) is 31.9 Å². The molecule has 2 rings (SSSR count). The molecule has 106 valence electrons. The van der Waals surface area contributed by atoms with E-state index in [4.69, 9.17) is 0 Å². The van der Waals surface area contributed by atoms with Gasteiger partial charge in [0.05, 0.1) is 0 Å². The van der Waals surface area contributed by atoms with Gasteiger partial charge in [-0.05, 0) is 49.9 Å². The van der Waals surface area contributed by atoms with Crippen LogP contribution in [0.15, 0.2) is 24.3 Å². The highest BCUT2D eigenvalue weighted by Gasteiger charge is 2.19. The summed E-state index contributed by atoms with van der Waals surface area (Å²) in [5.74, 6) is 0.439. The predicted octanol–water partition coefficient (Wildman–Crippen LogP) is 2.57. The first-order valence-electron chi connectivity index (χ1n) is 7.41. The maximum atomic E-state index is 9.30. The number of anilines is 1. The average molecular weight is 262 g/mol. The fraction of sp³-hybridized carbons (Fsp3) is 0.625. The number of hydrogen-bond acceptors (Lipinski definition) is 3. The van der Waals surface area contributed by atoms with Crippen molar-refractivity contribution in [2.45, 2.75) is 32.2 Å². The van der Waals surface area contributed by atoms with E-state index in [9.17, 15) is 5.11 Å². The maximum Gasteiger partial charge on any atom is 0.0476 e. The molecule has 1 saturated heterocycles. The van der Waals surface area contributed by atoms with E-state index in [0.29, 0.717) is 18.6 Å². The average Bonchev–Trinajstić information content (AvgIpc) is 2.49. The fourth-order valence-electron chi connectivity index (χ4n) is 2.97. The van der Waals surface area contributed by atoms with Crippen LogP contribution in [0.4, 0.5) is 5.69 Å². The van der Waals surface area contributed by atoms with Crippen LogP contribution in [0.2, 0.25) is 0 Å².